The Hall–Kier alpha value is -1.06. The molecule has 0 saturated carbocycles. The number of benzene rings is 1. The fourth-order valence-corrected chi connectivity index (χ4v) is 2.76. The quantitative estimate of drug-likeness (QED) is 0.904. The van der Waals surface area contributed by atoms with Gasteiger partial charge in [-0.2, -0.15) is 0 Å². The lowest BCUT2D eigenvalue weighted by atomic mass is 10.1. The Bertz CT molecular complexity index is 390. The van der Waals surface area contributed by atoms with Crippen molar-refractivity contribution in [1.82, 2.24) is 4.90 Å². The molecule has 0 aromatic heterocycles. The topological polar surface area (TPSA) is 26.7 Å². The summed E-state index contributed by atoms with van der Waals surface area (Å²) in [5.41, 5.74) is 2.65. The van der Waals surface area contributed by atoms with Crippen molar-refractivity contribution in [2.75, 3.05) is 31.6 Å². The van der Waals surface area contributed by atoms with E-state index in [0.29, 0.717) is 6.04 Å². The molecule has 0 amide bonds. The van der Waals surface area contributed by atoms with Crippen LogP contribution in [0.4, 0.5) is 5.69 Å². The van der Waals surface area contributed by atoms with Crippen molar-refractivity contribution in [3.8, 4) is 0 Å². The van der Waals surface area contributed by atoms with E-state index >= 15 is 0 Å². The second kappa shape index (κ2) is 6.40. The van der Waals surface area contributed by atoms with Crippen molar-refractivity contribution < 1.29 is 5.11 Å². The molecule has 1 aromatic carbocycles. The van der Waals surface area contributed by atoms with E-state index in [2.05, 4.69) is 55.0 Å². The molecule has 3 nitrogen and oxygen atoms in total. The summed E-state index contributed by atoms with van der Waals surface area (Å²) < 4.78 is 0. The summed E-state index contributed by atoms with van der Waals surface area (Å²) in [5.74, 6) is 0. The number of hydrogen-bond donors (Lipinski definition) is 1. The number of aryl methyl sites for hydroxylation is 1. The van der Waals surface area contributed by atoms with E-state index in [0.717, 1.165) is 25.9 Å². The largest absolute Gasteiger partial charge is 0.395 e. The van der Waals surface area contributed by atoms with E-state index in [-0.39, 0.29) is 12.6 Å². The molecule has 1 N–H and O–H groups in total. The first-order chi connectivity index (χ1) is 9.15. The van der Waals surface area contributed by atoms with E-state index in [9.17, 15) is 5.11 Å². The summed E-state index contributed by atoms with van der Waals surface area (Å²) in [4.78, 5) is 4.71. The molecule has 19 heavy (non-hydrogen) atoms. The van der Waals surface area contributed by atoms with Gasteiger partial charge in [-0.1, -0.05) is 19.1 Å². The van der Waals surface area contributed by atoms with Crippen molar-refractivity contribution in [3.63, 3.8) is 0 Å². The number of aliphatic hydroxyl groups excluding tert-OH is 1. The highest BCUT2D eigenvalue weighted by Gasteiger charge is 2.26. The molecule has 0 radical (unpaired) electrons. The minimum Gasteiger partial charge on any atom is -0.395 e. The van der Waals surface area contributed by atoms with Gasteiger partial charge in [-0.3, -0.25) is 4.90 Å². The van der Waals surface area contributed by atoms with Crippen LogP contribution in [-0.4, -0.2) is 48.8 Å². The van der Waals surface area contributed by atoms with E-state index < -0.39 is 0 Å². The van der Waals surface area contributed by atoms with Gasteiger partial charge in [-0.25, -0.2) is 0 Å². The molecule has 1 aliphatic rings. The maximum atomic E-state index is 9.55. The van der Waals surface area contributed by atoms with Crippen LogP contribution in [0.1, 0.15) is 25.8 Å². The van der Waals surface area contributed by atoms with Crippen LogP contribution in [0.3, 0.4) is 0 Å². The van der Waals surface area contributed by atoms with Crippen molar-refractivity contribution in [2.24, 2.45) is 0 Å². The minimum absolute atomic E-state index is 0.229. The summed E-state index contributed by atoms with van der Waals surface area (Å²) in [6, 6.07) is 9.61. The predicted molar refractivity (Wildman–Crippen MR) is 80.7 cm³/mol. The molecule has 1 saturated heterocycles. The van der Waals surface area contributed by atoms with Crippen LogP contribution in [0.15, 0.2) is 24.3 Å². The summed E-state index contributed by atoms with van der Waals surface area (Å²) >= 11 is 0. The lowest BCUT2D eigenvalue weighted by Gasteiger charge is -2.32. The van der Waals surface area contributed by atoms with Gasteiger partial charge in [0.2, 0.25) is 0 Å². The predicted octanol–water partition coefficient (Wildman–Crippen LogP) is 2.14. The molecule has 1 aliphatic heterocycles. The number of hydrogen-bond acceptors (Lipinski definition) is 3. The number of rotatable bonds is 3. The van der Waals surface area contributed by atoms with Gasteiger partial charge in [0.25, 0.3) is 0 Å². The van der Waals surface area contributed by atoms with E-state index in [1.807, 2.05) is 0 Å². The van der Waals surface area contributed by atoms with E-state index in [1.165, 1.54) is 11.3 Å². The molecular formula is C16H26N2O. The average Bonchev–Trinajstić information content (AvgIpc) is 2.59. The molecule has 0 spiro atoms. The van der Waals surface area contributed by atoms with Crippen molar-refractivity contribution >= 4 is 5.69 Å². The highest BCUT2D eigenvalue weighted by atomic mass is 16.3. The van der Waals surface area contributed by atoms with Crippen LogP contribution in [-0.2, 0) is 6.42 Å². The first-order valence-corrected chi connectivity index (χ1v) is 7.32. The highest BCUT2D eigenvalue weighted by Crippen LogP contribution is 2.23. The van der Waals surface area contributed by atoms with Gasteiger partial charge in [0.15, 0.2) is 0 Å². The van der Waals surface area contributed by atoms with Gasteiger partial charge < -0.3 is 10.0 Å². The van der Waals surface area contributed by atoms with E-state index in [4.69, 9.17) is 0 Å². The monoisotopic (exact) mass is 262 g/mol. The standard InChI is InChI=1S/C16H26N2O/c1-4-14-5-7-15(8-6-14)18-11-16(12-19)17(3)10-9-13(18)2/h5-8,13,16,19H,4,9-12H2,1-3H3. The fraction of sp³-hybridized carbons (Fsp3) is 0.625. The molecule has 3 heteroatoms. The average molecular weight is 262 g/mol. The van der Waals surface area contributed by atoms with Crippen LogP contribution in [0.25, 0.3) is 0 Å². The first kappa shape index (κ1) is 14.4. The number of aliphatic hydroxyl groups is 1. The number of anilines is 1. The maximum absolute atomic E-state index is 9.55. The normalized spacial score (nSPS) is 25.4. The lowest BCUT2D eigenvalue weighted by molar-refractivity contribution is 0.159. The zero-order valence-corrected chi connectivity index (χ0v) is 12.3. The van der Waals surface area contributed by atoms with Crippen molar-refractivity contribution in [2.45, 2.75) is 38.8 Å². The van der Waals surface area contributed by atoms with Crippen molar-refractivity contribution in [1.29, 1.82) is 0 Å². The summed E-state index contributed by atoms with van der Waals surface area (Å²) in [7, 11) is 2.11. The van der Waals surface area contributed by atoms with Crippen LogP contribution in [0.5, 0.6) is 0 Å². The maximum Gasteiger partial charge on any atom is 0.0604 e. The molecule has 106 valence electrons. The third-order valence-electron chi connectivity index (χ3n) is 4.35. The fourth-order valence-electron chi connectivity index (χ4n) is 2.76. The molecule has 2 rings (SSSR count). The zero-order chi connectivity index (χ0) is 13.8. The van der Waals surface area contributed by atoms with Crippen molar-refractivity contribution in [3.05, 3.63) is 29.8 Å². The third-order valence-corrected chi connectivity index (χ3v) is 4.35. The number of likely N-dealkylation sites (N-methyl/N-ethyl adjacent to an activating group) is 1. The van der Waals surface area contributed by atoms with Gasteiger partial charge in [-0.05, 0) is 44.5 Å². The Morgan fingerprint density at radius 2 is 1.95 bits per heavy atom. The Morgan fingerprint density at radius 1 is 1.26 bits per heavy atom. The van der Waals surface area contributed by atoms with Crippen LogP contribution in [0, 0.1) is 0 Å². The molecular weight excluding hydrogens is 236 g/mol. The lowest BCUT2D eigenvalue weighted by Crippen LogP contribution is -2.43. The molecule has 2 atom stereocenters. The Morgan fingerprint density at radius 3 is 2.53 bits per heavy atom. The Kier molecular flexibility index (Phi) is 4.83. The molecule has 1 heterocycles. The first-order valence-electron chi connectivity index (χ1n) is 7.32. The van der Waals surface area contributed by atoms with Gasteiger partial charge in [-0.15, -0.1) is 0 Å². The van der Waals surface area contributed by atoms with Crippen LogP contribution >= 0.6 is 0 Å². The highest BCUT2D eigenvalue weighted by molar-refractivity contribution is 5.49. The Labute approximate surface area is 116 Å². The third kappa shape index (κ3) is 3.28. The second-order valence-corrected chi connectivity index (χ2v) is 5.63. The summed E-state index contributed by atoms with van der Waals surface area (Å²) in [6.07, 6.45) is 2.22. The van der Waals surface area contributed by atoms with Crippen LogP contribution < -0.4 is 4.90 Å². The Balaban J connectivity index is 2.19. The van der Waals surface area contributed by atoms with Gasteiger partial charge in [0, 0.05) is 30.9 Å². The number of nitrogens with zero attached hydrogens (tertiary/aromatic N) is 2. The molecule has 1 fully saturated rings. The van der Waals surface area contributed by atoms with Gasteiger partial charge in [0.1, 0.15) is 0 Å². The van der Waals surface area contributed by atoms with E-state index in [1.54, 1.807) is 0 Å². The molecule has 1 aromatic rings. The summed E-state index contributed by atoms with van der Waals surface area (Å²) in [5, 5.41) is 9.55. The zero-order valence-electron chi connectivity index (χ0n) is 12.3. The molecule has 0 aliphatic carbocycles. The molecule has 2 unspecified atom stereocenters. The second-order valence-electron chi connectivity index (χ2n) is 5.63. The molecule has 0 bridgehead atoms. The van der Waals surface area contributed by atoms with Crippen LogP contribution in [0.2, 0.25) is 0 Å². The smallest absolute Gasteiger partial charge is 0.0604 e. The van der Waals surface area contributed by atoms with Gasteiger partial charge >= 0.3 is 0 Å². The van der Waals surface area contributed by atoms with Gasteiger partial charge in [0.05, 0.1) is 6.61 Å². The summed E-state index contributed by atoms with van der Waals surface area (Å²) in [6.45, 7) is 6.64. The minimum atomic E-state index is 0.229. The SMILES string of the molecule is CCc1ccc(N2CC(CO)N(C)CCC2C)cc1.